The normalized spacial score (nSPS) is 13.7. The number of nitrogens with one attached hydrogen (secondary N) is 1. The first-order valence-corrected chi connectivity index (χ1v) is 6.80. The summed E-state index contributed by atoms with van der Waals surface area (Å²) in [5.74, 6) is 0.0763. The van der Waals surface area contributed by atoms with Crippen LogP contribution in [0.2, 0.25) is 0 Å². The van der Waals surface area contributed by atoms with Crippen molar-refractivity contribution < 1.29 is 4.79 Å². The van der Waals surface area contributed by atoms with Crippen molar-refractivity contribution in [3.8, 4) is 0 Å². The average molecular weight is 262 g/mol. The molecular weight excluding hydrogens is 248 g/mol. The number of benzene rings is 2. The summed E-state index contributed by atoms with van der Waals surface area (Å²) in [6, 6.07) is 16.0. The number of fused-ring (bicyclic) bond motifs is 2. The van der Waals surface area contributed by atoms with Gasteiger partial charge in [0.2, 0.25) is 0 Å². The summed E-state index contributed by atoms with van der Waals surface area (Å²) in [5.41, 5.74) is 4.05. The zero-order chi connectivity index (χ0) is 13.5. The number of aromatic nitrogens is 1. The average Bonchev–Trinajstić information content (AvgIpc) is 3.11. The van der Waals surface area contributed by atoms with Crippen molar-refractivity contribution in [2.75, 3.05) is 11.4 Å². The van der Waals surface area contributed by atoms with Gasteiger partial charge in [0.05, 0.1) is 5.56 Å². The highest BCUT2D eigenvalue weighted by Gasteiger charge is 2.26. The van der Waals surface area contributed by atoms with Crippen molar-refractivity contribution in [3.05, 3.63) is 65.9 Å². The highest BCUT2D eigenvalue weighted by atomic mass is 16.2. The quantitative estimate of drug-likeness (QED) is 0.717. The van der Waals surface area contributed by atoms with Gasteiger partial charge in [0.15, 0.2) is 0 Å². The molecule has 0 bridgehead atoms. The predicted octanol–water partition coefficient (Wildman–Crippen LogP) is 3.37. The molecule has 1 N–H and O–H groups in total. The first kappa shape index (κ1) is 11.3. The van der Waals surface area contributed by atoms with Gasteiger partial charge in [-0.2, -0.15) is 0 Å². The summed E-state index contributed by atoms with van der Waals surface area (Å²) >= 11 is 0. The third kappa shape index (κ3) is 1.56. The molecule has 0 aliphatic carbocycles. The lowest BCUT2D eigenvalue weighted by Crippen LogP contribution is -2.28. The number of hydrogen-bond donors (Lipinski definition) is 1. The van der Waals surface area contributed by atoms with E-state index in [4.69, 9.17) is 0 Å². The van der Waals surface area contributed by atoms with Crippen LogP contribution in [0.5, 0.6) is 0 Å². The molecule has 0 saturated carbocycles. The molecular formula is C17H14N2O. The maximum atomic E-state index is 12.8. The Hall–Kier alpha value is -2.55. The van der Waals surface area contributed by atoms with Gasteiger partial charge >= 0.3 is 0 Å². The fourth-order valence-corrected chi connectivity index (χ4v) is 2.94. The summed E-state index contributed by atoms with van der Waals surface area (Å²) in [7, 11) is 0. The fraction of sp³-hybridized carbons (Fsp3) is 0.118. The zero-order valence-corrected chi connectivity index (χ0v) is 11.0. The minimum atomic E-state index is 0.0763. The molecule has 3 nitrogen and oxygen atoms in total. The van der Waals surface area contributed by atoms with Crippen LogP contribution in [0.4, 0.5) is 5.69 Å². The summed E-state index contributed by atoms with van der Waals surface area (Å²) in [4.78, 5) is 17.8. The molecule has 1 aliphatic heterocycles. The minimum Gasteiger partial charge on any atom is -0.360 e. The molecule has 2 heterocycles. The molecule has 4 rings (SSSR count). The Balaban J connectivity index is 1.79. The second-order valence-corrected chi connectivity index (χ2v) is 5.08. The Morgan fingerprint density at radius 3 is 2.80 bits per heavy atom. The fourth-order valence-electron chi connectivity index (χ4n) is 2.94. The Kier molecular flexibility index (Phi) is 2.39. The topological polar surface area (TPSA) is 36.1 Å². The number of aromatic amines is 1. The van der Waals surface area contributed by atoms with Crippen molar-refractivity contribution in [2.24, 2.45) is 0 Å². The molecule has 2 aromatic carbocycles. The summed E-state index contributed by atoms with van der Waals surface area (Å²) in [5, 5.41) is 0.988. The molecule has 1 aromatic heterocycles. The van der Waals surface area contributed by atoms with Gasteiger partial charge in [-0.1, -0.05) is 36.4 Å². The van der Waals surface area contributed by atoms with Crippen molar-refractivity contribution in [1.29, 1.82) is 0 Å². The Morgan fingerprint density at radius 1 is 1.05 bits per heavy atom. The predicted molar refractivity (Wildman–Crippen MR) is 80.1 cm³/mol. The number of H-pyrrole nitrogens is 1. The van der Waals surface area contributed by atoms with Crippen LogP contribution in [0, 0.1) is 0 Å². The monoisotopic (exact) mass is 262 g/mol. The maximum absolute atomic E-state index is 12.8. The summed E-state index contributed by atoms with van der Waals surface area (Å²) in [6.07, 6.45) is 2.75. The van der Waals surface area contributed by atoms with E-state index >= 15 is 0 Å². The molecule has 98 valence electrons. The van der Waals surface area contributed by atoms with Crippen LogP contribution in [0.1, 0.15) is 15.9 Å². The second-order valence-electron chi connectivity index (χ2n) is 5.08. The molecule has 20 heavy (non-hydrogen) atoms. The molecule has 0 radical (unpaired) electrons. The van der Waals surface area contributed by atoms with Crippen LogP contribution >= 0.6 is 0 Å². The lowest BCUT2D eigenvalue weighted by molar-refractivity contribution is 0.0991. The first-order valence-electron chi connectivity index (χ1n) is 6.80. The van der Waals surface area contributed by atoms with Crippen LogP contribution in [0.25, 0.3) is 10.9 Å². The smallest absolute Gasteiger partial charge is 0.260 e. The summed E-state index contributed by atoms with van der Waals surface area (Å²) in [6.45, 7) is 0.762. The molecule has 0 fully saturated rings. The van der Waals surface area contributed by atoms with Gasteiger partial charge < -0.3 is 9.88 Å². The van der Waals surface area contributed by atoms with Crippen LogP contribution in [0.3, 0.4) is 0 Å². The van der Waals surface area contributed by atoms with E-state index in [0.717, 1.165) is 35.1 Å². The zero-order valence-electron chi connectivity index (χ0n) is 11.0. The van der Waals surface area contributed by atoms with E-state index in [1.807, 2.05) is 53.6 Å². The number of rotatable bonds is 1. The molecule has 0 saturated heterocycles. The van der Waals surface area contributed by atoms with E-state index in [2.05, 4.69) is 11.1 Å². The second kappa shape index (κ2) is 4.23. The number of carbonyl (C=O) groups excluding carboxylic acids is 1. The molecule has 1 amide bonds. The number of para-hydroxylation sites is 2. The number of carbonyl (C=O) groups is 1. The highest BCUT2D eigenvalue weighted by molar-refractivity contribution is 6.14. The molecule has 1 aliphatic rings. The van der Waals surface area contributed by atoms with E-state index in [1.165, 1.54) is 5.56 Å². The standard InChI is InChI=1S/C17H14N2O/c20-17(14-11-18-15-7-3-2-6-13(14)15)19-10-9-12-5-1-4-8-16(12)19/h1-8,11,18H,9-10H2. The SMILES string of the molecule is O=C(c1c[nH]c2ccccc12)N1CCc2ccccc21. The first-order chi connectivity index (χ1) is 9.84. The van der Waals surface area contributed by atoms with Crippen LogP contribution < -0.4 is 4.90 Å². The number of nitrogens with zero attached hydrogens (tertiary/aromatic N) is 1. The Morgan fingerprint density at radius 2 is 1.85 bits per heavy atom. The van der Waals surface area contributed by atoms with Gasteiger partial charge in [0.25, 0.3) is 5.91 Å². The third-order valence-corrected chi connectivity index (χ3v) is 3.95. The summed E-state index contributed by atoms with van der Waals surface area (Å²) < 4.78 is 0. The van der Waals surface area contributed by atoms with Crippen molar-refractivity contribution in [3.63, 3.8) is 0 Å². The molecule has 3 aromatic rings. The number of amides is 1. The largest absolute Gasteiger partial charge is 0.360 e. The van der Waals surface area contributed by atoms with Crippen LogP contribution in [-0.4, -0.2) is 17.4 Å². The van der Waals surface area contributed by atoms with E-state index in [1.54, 1.807) is 0 Å². The molecule has 0 atom stereocenters. The molecule has 0 unspecified atom stereocenters. The van der Waals surface area contributed by atoms with Crippen LogP contribution in [0.15, 0.2) is 54.7 Å². The van der Waals surface area contributed by atoms with Crippen molar-refractivity contribution in [2.45, 2.75) is 6.42 Å². The van der Waals surface area contributed by atoms with Crippen LogP contribution in [-0.2, 0) is 6.42 Å². The lowest BCUT2D eigenvalue weighted by Gasteiger charge is -2.16. The lowest BCUT2D eigenvalue weighted by atomic mass is 10.1. The Labute approximate surface area is 116 Å². The van der Waals surface area contributed by atoms with Crippen molar-refractivity contribution >= 4 is 22.5 Å². The van der Waals surface area contributed by atoms with E-state index in [-0.39, 0.29) is 5.91 Å². The highest BCUT2D eigenvalue weighted by Crippen LogP contribution is 2.30. The Bertz CT molecular complexity index is 803. The van der Waals surface area contributed by atoms with Gasteiger partial charge in [0, 0.05) is 29.3 Å². The third-order valence-electron chi connectivity index (χ3n) is 3.95. The van der Waals surface area contributed by atoms with E-state index in [9.17, 15) is 4.79 Å². The van der Waals surface area contributed by atoms with Gasteiger partial charge in [-0.15, -0.1) is 0 Å². The molecule has 3 heteroatoms. The number of anilines is 1. The van der Waals surface area contributed by atoms with E-state index < -0.39 is 0 Å². The van der Waals surface area contributed by atoms with Gasteiger partial charge in [0.1, 0.15) is 0 Å². The molecule has 0 spiro atoms. The minimum absolute atomic E-state index is 0.0763. The van der Waals surface area contributed by atoms with Gasteiger partial charge in [-0.05, 0) is 24.1 Å². The van der Waals surface area contributed by atoms with Gasteiger partial charge in [-0.3, -0.25) is 4.79 Å². The number of hydrogen-bond acceptors (Lipinski definition) is 1. The van der Waals surface area contributed by atoms with Crippen molar-refractivity contribution in [1.82, 2.24) is 4.98 Å². The van der Waals surface area contributed by atoms with Gasteiger partial charge in [-0.25, -0.2) is 0 Å². The maximum Gasteiger partial charge on any atom is 0.260 e. The van der Waals surface area contributed by atoms with E-state index in [0.29, 0.717) is 0 Å².